The Labute approximate surface area is 172 Å². The topological polar surface area (TPSA) is 112 Å². The van der Waals surface area contributed by atoms with Crippen LogP contribution in [0.2, 0.25) is 0 Å². The van der Waals surface area contributed by atoms with E-state index in [0.29, 0.717) is 11.3 Å². The van der Waals surface area contributed by atoms with Crippen molar-refractivity contribution in [3.05, 3.63) is 93.0 Å². The molecule has 30 heavy (non-hydrogen) atoms. The van der Waals surface area contributed by atoms with Gasteiger partial charge in [0.05, 0.1) is 0 Å². The molecule has 150 valence electrons. The Hall–Kier alpha value is -4.13. The van der Waals surface area contributed by atoms with Crippen LogP contribution < -0.4 is 21.5 Å². The summed E-state index contributed by atoms with van der Waals surface area (Å²) in [7, 11) is 0. The molecule has 1 aromatic heterocycles. The molecular weight excluding hydrogens is 382 g/mol. The average molecular weight is 401 g/mol. The monoisotopic (exact) mass is 401 g/mol. The van der Waals surface area contributed by atoms with E-state index in [4.69, 9.17) is 0 Å². The maximum Gasteiger partial charge on any atom is 0.253 e. The molecular formula is C23H19N3O4. The molecule has 0 radical (unpaired) electrons. The fourth-order valence-electron chi connectivity index (χ4n) is 3.25. The van der Waals surface area contributed by atoms with Gasteiger partial charge in [-0.05, 0) is 48.9 Å². The zero-order chi connectivity index (χ0) is 21.3. The molecule has 0 amide bonds. The highest BCUT2D eigenvalue weighted by atomic mass is 16.3. The molecule has 1 heterocycles. The number of nitrogens with zero attached hydrogens (tertiary/aromatic N) is 1. The van der Waals surface area contributed by atoms with E-state index in [0.717, 1.165) is 11.1 Å². The number of aromatic nitrogens is 1. The van der Waals surface area contributed by atoms with Gasteiger partial charge in [0.2, 0.25) is 0 Å². The van der Waals surface area contributed by atoms with Crippen molar-refractivity contribution in [3.63, 3.8) is 0 Å². The standard InChI is InChI=1S/C23H19N3O4/c1-13(14-4-2-6-17(27)10-14)25-20-21(23(30)22(20)29)26-16-7-8-19(28)18(11-16)15-5-3-9-24-12-15/h2-13,25-28H,1H3/t13-/m0/s1. The normalized spacial score (nSPS) is 11.9. The minimum absolute atomic E-state index is 0.0781. The first-order chi connectivity index (χ1) is 14.4. The minimum atomic E-state index is -0.614. The molecule has 4 rings (SSSR count). The highest BCUT2D eigenvalue weighted by Crippen LogP contribution is 2.33. The number of nitrogens with one attached hydrogen (secondary N) is 2. The summed E-state index contributed by atoms with van der Waals surface area (Å²) in [5.74, 6) is 0.200. The van der Waals surface area contributed by atoms with Crippen LogP contribution >= 0.6 is 0 Å². The first-order valence-corrected chi connectivity index (χ1v) is 9.33. The molecule has 1 atom stereocenters. The van der Waals surface area contributed by atoms with Crippen LogP contribution in [0.5, 0.6) is 11.5 Å². The van der Waals surface area contributed by atoms with Crippen molar-refractivity contribution in [2.45, 2.75) is 13.0 Å². The number of anilines is 3. The van der Waals surface area contributed by atoms with Gasteiger partial charge in [0.15, 0.2) is 0 Å². The van der Waals surface area contributed by atoms with Gasteiger partial charge in [0.25, 0.3) is 10.9 Å². The number of pyridine rings is 1. The number of hydrogen-bond donors (Lipinski definition) is 4. The Morgan fingerprint density at radius 2 is 1.73 bits per heavy atom. The van der Waals surface area contributed by atoms with Crippen LogP contribution in [0.25, 0.3) is 11.1 Å². The van der Waals surface area contributed by atoms with Gasteiger partial charge in [0, 0.05) is 35.2 Å². The first-order valence-electron chi connectivity index (χ1n) is 9.33. The molecule has 0 spiro atoms. The van der Waals surface area contributed by atoms with Crippen LogP contribution in [-0.2, 0) is 0 Å². The largest absolute Gasteiger partial charge is 0.508 e. The van der Waals surface area contributed by atoms with Crippen LogP contribution in [-0.4, -0.2) is 15.2 Å². The number of hydrogen-bond acceptors (Lipinski definition) is 7. The van der Waals surface area contributed by atoms with Crippen molar-refractivity contribution in [1.82, 2.24) is 4.98 Å². The number of rotatable bonds is 6. The second-order valence-corrected chi connectivity index (χ2v) is 6.97. The smallest absolute Gasteiger partial charge is 0.253 e. The third-order valence-corrected chi connectivity index (χ3v) is 4.88. The van der Waals surface area contributed by atoms with Gasteiger partial charge < -0.3 is 20.8 Å². The Kier molecular flexibility index (Phi) is 4.93. The van der Waals surface area contributed by atoms with E-state index in [1.54, 1.807) is 48.8 Å². The molecule has 0 saturated carbocycles. The van der Waals surface area contributed by atoms with Gasteiger partial charge in [-0.3, -0.25) is 14.6 Å². The Morgan fingerprint density at radius 1 is 0.933 bits per heavy atom. The van der Waals surface area contributed by atoms with Gasteiger partial charge in [-0.2, -0.15) is 0 Å². The van der Waals surface area contributed by atoms with Crippen molar-refractivity contribution in [2.75, 3.05) is 10.6 Å². The van der Waals surface area contributed by atoms with Crippen LogP contribution in [0.15, 0.2) is 76.6 Å². The predicted octanol–water partition coefficient (Wildman–Crippen LogP) is 3.67. The van der Waals surface area contributed by atoms with Crippen molar-refractivity contribution < 1.29 is 10.2 Å². The van der Waals surface area contributed by atoms with E-state index in [1.165, 1.54) is 6.07 Å². The molecule has 0 saturated heterocycles. The number of aromatic hydroxyl groups is 2. The van der Waals surface area contributed by atoms with Gasteiger partial charge in [-0.15, -0.1) is 0 Å². The van der Waals surface area contributed by atoms with E-state index in [9.17, 15) is 19.8 Å². The molecule has 0 aliphatic heterocycles. The van der Waals surface area contributed by atoms with Gasteiger partial charge in [-0.1, -0.05) is 18.2 Å². The third kappa shape index (κ3) is 3.60. The summed E-state index contributed by atoms with van der Waals surface area (Å²) in [4.78, 5) is 28.3. The fraction of sp³-hybridized carbons (Fsp3) is 0.0870. The van der Waals surface area contributed by atoms with Gasteiger partial charge in [0.1, 0.15) is 22.9 Å². The molecule has 0 aliphatic rings. The molecule has 0 unspecified atom stereocenters. The number of benzene rings is 2. The van der Waals surface area contributed by atoms with E-state index in [2.05, 4.69) is 15.6 Å². The van der Waals surface area contributed by atoms with Crippen molar-refractivity contribution in [1.29, 1.82) is 0 Å². The molecule has 7 heteroatoms. The highest BCUT2D eigenvalue weighted by Gasteiger charge is 2.23. The summed E-state index contributed by atoms with van der Waals surface area (Å²) in [5, 5.41) is 25.9. The predicted molar refractivity (Wildman–Crippen MR) is 116 cm³/mol. The van der Waals surface area contributed by atoms with E-state index in [1.807, 2.05) is 19.1 Å². The summed E-state index contributed by atoms with van der Waals surface area (Å²) in [6.45, 7) is 1.83. The molecule has 4 aromatic rings. The molecule has 0 fully saturated rings. The van der Waals surface area contributed by atoms with Crippen LogP contribution in [0.1, 0.15) is 18.5 Å². The summed E-state index contributed by atoms with van der Waals surface area (Å²) in [6, 6.07) is 14.8. The van der Waals surface area contributed by atoms with Crippen LogP contribution in [0.4, 0.5) is 17.1 Å². The third-order valence-electron chi connectivity index (χ3n) is 4.88. The van der Waals surface area contributed by atoms with Crippen molar-refractivity contribution >= 4 is 17.1 Å². The quantitative estimate of drug-likeness (QED) is 0.288. The second kappa shape index (κ2) is 7.71. The molecule has 0 aliphatic carbocycles. The van der Waals surface area contributed by atoms with Crippen LogP contribution in [0.3, 0.4) is 0 Å². The number of phenols is 2. The fourth-order valence-corrected chi connectivity index (χ4v) is 3.25. The van der Waals surface area contributed by atoms with E-state index in [-0.39, 0.29) is 28.9 Å². The first kappa shape index (κ1) is 19.2. The lowest BCUT2D eigenvalue weighted by molar-refractivity contribution is 0.474. The minimum Gasteiger partial charge on any atom is -0.508 e. The summed E-state index contributed by atoms with van der Waals surface area (Å²) in [6.07, 6.45) is 3.26. The zero-order valence-electron chi connectivity index (χ0n) is 16.1. The molecule has 0 bridgehead atoms. The summed E-state index contributed by atoms with van der Waals surface area (Å²) < 4.78 is 0. The lowest BCUT2D eigenvalue weighted by Gasteiger charge is -2.20. The SMILES string of the molecule is C[C@H](Nc1c(Nc2ccc(O)c(-c3cccnc3)c2)c(=O)c1=O)c1cccc(O)c1. The maximum atomic E-state index is 12.2. The zero-order valence-corrected chi connectivity index (χ0v) is 16.1. The van der Waals surface area contributed by atoms with Crippen molar-refractivity contribution in [2.24, 2.45) is 0 Å². The average Bonchev–Trinajstić information content (AvgIpc) is 2.77. The Bertz CT molecular complexity index is 1280. The van der Waals surface area contributed by atoms with E-state index < -0.39 is 10.9 Å². The Balaban J connectivity index is 1.60. The molecule has 4 N–H and O–H groups in total. The van der Waals surface area contributed by atoms with Gasteiger partial charge >= 0.3 is 0 Å². The summed E-state index contributed by atoms with van der Waals surface area (Å²) >= 11 is 0. The summed E-state index contributed by atoms with van der Waals surface area (Å²) in [5.41, 5.74) is 1.73. The molecule has 3 aromatic carbocycles. The van der Waals surface area contributed by atoms with E-state index >= 15 is 0 Å². The highest BCUT2D eigenvalue weighted by molar-refractivity contribution is 5.81. The second-order valence-electron chi connectivity index (χ2n) is 6.97. The van der Waals surface area contributed by atoms with Gasteiger partial charge in [-0.25, -0.2) is 0 Å². The lowest BCUT2D eigenvalue weighted by atomic mass is 10.0. The number of phenolic OH excluding ortho intramolecular Hbond substituents is 2. The molecule has 7 nitrogen and oxygen atoms in total. The Morgan fingerprint density at radius 3 is 2.47 bits per heavy atom. The van der Waals surface area contributed by atoms with Crippen molar-refractivity contribution in [3.8, 4) is 22.6 Å². The lowest BCUT2D eigenvalue weighted by Crippen LogP contribution is -2.37. The maximum absolute atomic E-state index is 12.2. The van der Waals surface area contributed by atoms with Crippen LogP contribution in [0, 0.1) is 0 Å².